The molecule has 0 saturated heterocycles. The van der Waals surface area contributed by atoms with E-state index < -0.39 is 0 Å². The van der Waals surface area contributed by atoms with Gasteiger partial charge in [0.2, 0.25) is 0 Å². The van der Waals surface area contributed by atoms with E-state index in [0.29, 0.717) is 0 Å². The summed E-state index contributed by atoms with van der Waals surface area (Å²) in [5, 5.41) is 2.13. The van der Waals surface area contributed by atoms with Gasteiger partial charge in [-0.25, -0.2) is 0 Å². The predicted octanol–water partition coefficient (Wildman–Crippen LogP) is 4.46. The molecule has 0 saturated carbocycles. The summed E-state index contributed by atoms with van der Waals surface area (Å²) in [7, 11) is 2.13. The lowest BCUT2D eigenvalue weighted by atomic mass is 10.2. The molecule has 1 nitrogen and oxygen atoms in total. The van der Waals surface area contributed by atoms with E-state index in [9.17, 15) is 0 Å². The minimum atomic E-state index is 0.959. The molecule has 1 aromatic heterocycles. The number of rotatable bonds is 3. The van der Waals surface area contributed by atoms with Gasteiger partial charge in [0.15, 0.2) is 0 Å². The van der Waals surface area contributed by atoms with Gasteiger partial charge in [0, 0.05) is 27.5 Å². The number of halogens is 1. The second-order valence-electron chi connectivity index (χ2n) is 3.87. The molecule has 0 N–H and O–H groups in total. The third-order valence-corrected chi connectivity index (χ3v) is 4.22. The normalized spacial score (nSPS) is 10.4. The van der Waals surface area contributed by atoms with E-state index in [2.05, 4.69) is 70.5 Å². The van der Waals surface area contributed by atoms with Crippen LogP contribution < -0.4 is 4.90 Å². The van der Waals surface area contributed by atoms with E-state index in [1.54, 1.807) is 11.3 Å². The first kappa shape index (κ1) is 11.7. The molecular weight excluding hydrogens is 282 g/mol. The van der Waals surface area contributed by atoms with E-state index >= 15 is 0 Å². The minimum absolute atomic E-state index is 0.959. The molecule has 0 bridgehead atoms. The first-order valence-corrected chi connectivity index (χ1v) is 6.84. The highest BCUT2D eigenvalue weighted by Gasteiger charge is 2.05. The van der Waals surface area contributed by atoms with E-state index in [1.807, 2.05) is 0 Å². The summed E-state index contributed by atoms with van der Waals surface area (Å²) in [6, 6.07) is 10.7. The van der Waals surface area contributed by atoms with Crippen LogP contribution in [-0.2, 0) is 6.54 Å². The molecule has 0 unspecified atom stereocenters. The van der Waals surface area contributed by atoms with Crippen molar-refractivity contribution < 1.29 is 0 Å². The van der Waals surface area contributed by atoms with E-state index in [4.69, 9.17) is 0 Å². The lowest BCUT2D eigenvalue weighted by molar-refractivity contribution is 0.934. The zero-order chi connectivity index (χ0) is 11.5. The SMILES string of the molecule is Cc1ccccc1N(C)Cc1cc(Br)cs1. The van der Waals surface area contributed by atoms with Gasteiger partial charge in [-0.15, -0.1) is 11.3 Å². The Morgan fingerprint density at radius 1 is 1.31 bits per heavy atom. The molecular formula is C13H14BrNS. The second kappa shape index (κ2) is 5.02. The lowest BCUT2D eigenvalue weighted by Gasteiger charge is -2.20. The van der Waals surface area contributed by atoms with Crippen molar-refractivity contribution in [2.45, 2.75) is 13.5 Å². The van der Waals surface area contributed by atoms with Gasteiger partial charge in [-0.05, 0) is 40.5 Å². The van der Waals surface area contributed by atoms with Crippen LogP contribution in [0.2, 0.25) is 0 Å². The number of hydrogen-bond acceptors (Lipinski definition) is 2. The summed E-state index contributed by atoms with van der Waals surface area (Å²) in [5.41, 5.74) is 2.62. The molecule has 0 aliphatic rings. The fourth-order valence-corrected chi connectivity index (χ4v) is 3.25. The van der Waals surface area contributed by atoms with Crippen LogP contribution in [0.5, 0.6) is 0 Å². The summed E-state index contributed by atoms with van der Waals surface area (Å²) in [5.74, 6) is 0. The van der Waals surface area contributed by atoms with Crippen molar-refractivity contribution in [2.24, 2.45) is 0 Å². The smallest absolute Gasteiger partial charge is 0.0520 e. The molecule has 0 aliphatic carbocycles. The Balaban J connectivity index is 2.14. The quantitative estimate of drug-likeness (QED) is 0.808. The van der Waals surface area contributed by atoms with Crippen molar-refractivity contribution in [1.29, 1.82) is 0 Å². The van der Waals surface area contributed by atoms with E-state index in [0.717, 1.165) is 6.54 Å². The molecule has 0 aliphatic heterocycles. The largest absolute Gasteiger partial charge is 0.369 e. The number of nitrogens with zero attached hydrogens (tertiary/aromatic N) is 1. The van der Waals surface area contributed by atoms with Crippen molar-refractivity contribution in [2.75, 3.05) is 11.9 Å². The summed E-state index contributed by atoms with van der Waals surface area (Å²) in [6.07, 6.45) is 0. The van der Waals surface area contributed by atoms with Crippen molar-refractivity contribution in [3.8, 4) is 0 Å². The Kier molecular flexibility index (Phi) is 3.66. The van der Waals surface area contributed by atoms with Gasteiger partial charge in [-0.1, -0.05) is 18.2 Å². The molecule has 0 atom stereocenters. The summed E-state index contributed by atoms with van der Waals surface area (Å²) < 4.78 is 1.17. The standard InChI is InChI=1S/C13H14BrNS/c1-10-5-3-4-6-13(10)15(2)8-12-7-11(14)9-16-12/h3-7,9H,8H2,1-2H3. The number of benzene rings is 1. The molecule has 0 spiro atoms. The number of para-hydroxylation sites is 1. The van der Waals surface area contributed by atoms with Crippen LogP contribution in [0.15, 0.2) is 40.2 Å². The highest BCUT2D eigenvalue weighted by molar-refractivity contribution is 9.10. The molecule has 2 rings (SSSR count). The number of thiophene rings is 1. The summed E-state index contributed by atoms with van der Waals surface area (Å²) in [6.45, 7) is 3.11. The maximum atomic E-state index is 3.48. The maximum Gasteiger partial charge on any atom is 0.0520 e. The van der Waals surface area contributed by atoms with Gasteiger partial charge in [0.1, 0.15) is 0 Å². The summed E-state index contributed by atoms with van der Waals surface area (Å²) >= 11 is 5.27. The van der Waals surface area contributed by atoms with Gasteiger partial charge >= 0.3 is 0 Å². The predicted molar refractivity (Wildman–Crippen MR) is 75.3 cm³/mol. The zero-order valence-corrected chi connectivity index (χ0v) is 11.8. The molecule has 2 aromatic rings. The Morgan fingerprint density at radius 2 is 2.06 bits per heavy atom. The van der Waals surface area contributed by atoms with Gasteiger partial charge < -0.3 is 4.90 Å². The fourth-order valence-electron chi connectivity index (χ4n) is 1.75. The summed E-state index contributed by atoms with van der Waals surface area (Å²) in [4.78, 5) is 3.66. The van der Waals surface area contributed by atoms with Crippen LogP contribution in [0.4, 0.5) is 5.69 Å². The highest BCUT2D eigenvalue weighted by Crippen LogP contribution is 2.24. The first-order chi connectivity index (χ1) is 7.66. The van der Waals surface area contributed by atoms with E-state index in [-0.39, 0.29) is 0 Å². The average molecular weight is 296 g/mol. The second-order valence-corrected chi connectivity index (χ2v) is 5.79. The van der Waals surface area contributed by atoms with Crippen LogP contribution in [0.3, 0.4) is 0 Å². The monoisotopic (exact) mass is 295 g/mol. The van der Waals surface area contributed by atoms with Crippen molar-refractivity contribution in [3.05, 3.63) is 50.6 Å². The topological polar surface area (TPSA) is 3.24 Å². The molecule has 1 aromatic carbocycles. The number of aryl methyl sites for hydroxylation is 1. The Bertz CT molecular complexity index is 478. The van der Waals surface area contributed by atoms with Crippen molar-refractivity contribution in [3.63, 3.8) is 0 Å². The third-order valence-electron chi connectivity index (χ3n) is 2.54. The number of anilines is 1. The fraction of sp³-hybridized carbons (Fsp3) is 0.231. The van der Waals surface area contributed by atoms with Crippen LogP contribution in [0, 0.1) is 6.92 Å². The highest BCUT2D eigenvalue weighted by atomic mass is 79.9. The molecule has 0 fully saturated rings. The Labute approximate surface area is 109 Å². The molecule has 3 heteroatoms. The lowest BCUT2D eigenvalue weighted by Crippen LogP contribution is -2.16. The van der Waals surface area contributed by atoms with Gasteiger partial charge in [-0.2, -0.15) is 0 Å². The van der Waals surface area contributed by atoms with Crippen LogP contribution in [0.25, 0.3) is 0 Å². The number of hydrogen-bond donors (Lipinski definition) is 0. The van der Waals surface area contributed by atoms with Crippen LogP contribution >= 0.6 is 27.3 Å². The first-order valence-electron chi connectivity index (χ1n) is 5.16. The van der Waals surface area contributed by atoms with Gasteiger partial charge in [0.05, 0.1) is 6.54 Å². The van der Waals surface area contributed by atoms with Crippen molar-refractivity contribution in [1.82, 2.24) is 0 Å². The van der Waals surface area contributed by atoms with Crippen LogP contribution in [-0.4, -0.2) is 7.05 Å². The van der Waals surface area contributed by atoms with Crippen molar-refractivity contribution >= 4 is 33.0 Å². The average Bonchev–Trinajstić information content (AvgIpc) is 2.64. The van der Waals surface area contributed by atoms with E-state index in [1.165, 1.54) is 20.6 Å². The molecule has 16 heavy (non-hydrogen) atoms. The Hall–Kier alpha value is -0.800. The van der Waals surface area contributed by atoms with Crippen LogP contribution in [0.1, 0.15) is 10.4 Å². The van der Waals surface area contributed by atoms with Gasteiger partial charge in [-0.3, -0.25) is 0 Å². The molecule has 0 radical (unpaired) electrons. The maximum absolute atomic E-state index is 3.48. The Morgan fingerprint density at radius 3 is 2.69 bits per heavy atom. The molecule has 1 heterocycles. The molecule has 0 amide bonds. The minimum Gasteiger partial charge on any atom is -0.369 e. The zero-order valence-electron chi connectivity index (χ0n) is 9.40. The third kappa shape index (κ3) is 2.66. The van der Waals surface area contributed by atoms with Gasteiger partial charge in [0.25, 0.3) is 0 Å². The molecule has 84 valence electrons.